The summed E-state index contributed by atoms with van der Waals surface area (Å²) in [7, 11) is 1.77. The summed E-state index contributed by atoms with van der Waals surface area (Å²) in [5, 5.41) is 11.1. The number of carbonyl (C=O) groups excluding carboxylic acids is 1. The second-order valence-electron chi connectivity index (χ2n) is 9.02. The Morgan fingerprint density at radius 1 is 1.14 bits per heavy atom. The zero-order chi connectivity index (χ0) is 26.3. The Balaban J connectivity index is 1.56. The number of hydrogen-bond acceptors (Lipinski definition) is 6. The third kappa shape index (κ3) is 5.11. The summed E-state index contributed by atoms with van der Waals surface area (Å²) in [6.07, 6.45) is 0.802. The van der Waals surface area contributed by atoms with Crippen LogP contribution >= 0.6 is 0 Å². The van der Waals surface area contributed by atoms with Gasteiger partial charge in [-0.25, -0.2) is 9.97 Å². The highest BCUT2D eigenvalue weighted by Crippen LogP contribution is 2.40. The number of aryl methyl sites for hydroxylation is 2. The van der Waals surface area contributed by atoms with Crippen LogP contribution in [0.1, 0.15) is 34.3 Å². The molecule has 0 aliphatic heterocycles. The van der Waals surface area contributed by atoms with Gasteiger partial charge in [-0.2, -0.15) is 18.3 Å². The molecule has 4 aromatic rings. The number of carbonyl (C=O) groups is 1. The molecule has 0 spiro atoms. The zero-order valence-corrected chi connectivity index (χ0v) is 20.1. The van der Waals surface area contributed by atoms with E-state index in [1.54, 1.807) is 30.1 Å². The largest absolute Gasteiger partial charge is 0.417 e. The van der Waals surface area contributed by atoms with Crippen LogP contribution in [-0.4, -0.2) is 31.7 Å². The van der Waals surface area contributed by atoms with Crippen molar-refractivity contribution in [2.45, 2.75) is 32.0 Å². The number of nitrogens with one attached hydrogen (secondary N) is 2. The molecule has 11 heteroatoms. The maximum Gasteiger partial charge on any atom is 0.417 e. The van der Waals surface area contributed by atoms with Crippen LogP contribution in [0.4, 0.5) is 30.5 Å². The van der Waals surface area contributed by atoms with Crippen LogP contribution in [0.25, 0.3) is 22.4 Å². The van der Waals surface area contributed by atoms with E-state index in [1.807, 2.05) is 13.0 Å². The van der Waals surface area contributed by atoms with Gasteiger partial charge in [-0.05, 0) is 49.1 Å². The minimum atomic E-state index is -4.67. The van der Waals surface area contributed by atoms with Crippen LogP contribution in [-0.2, 0) is 13.2 Å². The molecule has 0 saturated heterocycles. The van der Waals surface area contributed by atoms with Crippen LogP contribution in [0.5, 0.6) is 0 Å². The van der Waals surface area contributed by atoms with Crippen molar-refractivity contribution in [3.8, 4) is 22.4 Å². The lowest BCUT2D eigenvalue weighted by molar-refractivity contribution is -0.137. The summed E-state index contributed by atoms with van der Waals surface area (Å²) in [5.74, 6) is 0.240. The predicted octanol–water partition coefficient (Wildman–Crippen LogP) is 5.29. The van der Waals surface area contributed by atoms with E-state index in [4.69, 9.17) is 5.73 Å². The van der Waals surface area contributed by atoms with E-state index >= 15 is 0 Å². The fourth-order valence-corrected chi connectivity index (χ4v) is 4.13. The van der Waals surface area contributed by atoms with E-state index in [0.717, 1.165) is 24.5 Å². The number of amides is 1. The molecule has 2 aromatic heterocycles. The van der Waals surface area contributed by atoms with Crippen LogP contribution in [0.3, 0.4) is 0 Å². The molecule has 1 aliphatic carbocycles. The van der Waals surface area contributed by atoms with Gasteiger partial charge in [0.15, 0.2) is 5.82 Å². The summed E-state index contributed by atoms with van der Waals surface area (Å²) in [6.45, 7) is 1.82. The van der Waals surface area contributed by atoms with Crippen molar-refractivity contribution < 1.29 is 18.0 Å². The molecule has 0 bridgehead atoms. The standard InChI is InChI=1S/C26H24F3N7O/c1-14-6-7-15(23-17(24(30)37)4-3-5-19(23)26(27,28)29)10-20(14)34-25-18(12-36(2)35-25)21-11-22(32-13-31-21)33-16-8-9-16/h3-7,10-13,16H,8-9H2,1-2H3,(H2,30,37)(H,34,35)(H,31,32,33). The van der Waals surface area contributed by atoms with Crippen LogP contribution in [0.2, 0.25) is 0 Å². The van der Waals surface area contributed by atoms with E-state index in [9.17, 15) is 18.0 Å². The van der Waals surface area contributed by atoms with Gasteiger partial charge < -0.3 is 16.4 Å². The number of primary amides is 1. The third-order valence-electron chi connectivity index (χ3n) is 6.12. The van der Waals surface area contributed by atoms with E-state index in [0.29, 0.717) is 34.6 Å². The molecule has 1 fully saturated rings. The first-order valence-electron chi connectivity index (χ1n) is 11.6. The molecule has 1 saturated carbocycles. The molecule has 4 N–H and O–H groups in total. The zero-order valence-electron chi connectivity index (χ0n) is 20.1. The lowest BCUT2D eigenvalue weighted by Gasteiger charge is -2.18. The van der Waals surface area contributed by atoms with Gasteiger partial charge in [-0.3, -0.25) is 9.48 Å². The van der Waals surface area contributed by atoms with Gasteiger partial charge in [0.2, 0.25) is 5.91 Å². The fraction of sp³-hybridized carbons (Fsp3) is 0.231. The van der Waals surface area contributed by atoms with Crippen molar-refractivity contribution in [1.82, 2.24) is 19.7 Å². The number of hydrogen-bond donors (Lipinski definition) is 3. The average molecular weight is 508 g/mol. The molecule has 2 aromatic carbocycles. The molecule has 0 radical (unpaired) electrons. The maximum atomic E-state index is 13.9. The SMILES string of the molecule is Cc1ccc(-c2c(C(N)=O)cccc2C(F)(F)F)cc1Nc1nn(C)cc1-c1cc(NC2CC2)ncn1. The molecule has 0 atom stereocenters. The molecule has 5 rings (SSSR count). The van der Waals surface area contributed by atoms with E-state index < -0.39 is 17.6 Å². The average Bonchev–Trinajstić information content (AvgIpc) is 3.59. The van der Waals surface area contributed by atoms with Crippen LogP contribution in [0, 0.1) is 6.92 Å². The Hall–Kier alpha value is -4.41. The number of alkyl halides is 3. The maximum absolute atomic E-state index is 13.9. The number of nitrogens with two attached hydrogens (primary N) is 1. The molecule has 190 valence electrons. The summed E-state index contributed by atoms with van der Waals surface area (Å²) in [6, 6.07) is 10.4. The summed E-state index contributed by atoms with van der Waals surface area (Å²) < 4.78 is 43.2. The highest BCUT2D eigenvalue weighted by atomic mass is 19.4. The first-order chi connectivity index (χ1) is 17.6. The normalized spacial score (nSPS) is 13.4. The Morgan fingerprint density at radius 2 is 1.92 bits per heavy atom. The van der Waals surface area contributed by atoms with E-state index in [2.05, 4.69) is 25.7 Å². The van der Waals surface area contributed by atoms with Crippen molar-refractivity contribution in [3.63, 3.8) is 0 Å². The number of nitrogens with zero attached hydrogens (tertiary/aromatic N) is 4. The highest BCUT2D eigenvalue weighted by Gasteiger charge is 2.35. The minimum absolute atomic E-state index is 0.199. The molecule has 2 heterocycles. The van der Waals surface area contributed by atoms with Gasteiger partial charge in [-0.15, -0.1) is 0 Å². The van der Waals surface area contributed by atoms with Gasteiger partial charge in [0.25, 0.3) is 0 Å². The summed E-state index contributed by atoms with van der Waals surface area (Å²) in [5.41, 5.74) is 6.85. The van der Waals surface area contributed by atoms with E-state index in [1.165, 1.54) is 24.5 Å². The van der Waals surface area contributed by atoms with Crippen molar-refractivity contribution in [2.75, 3.05) is 10.6 Å². The minimum Gasteiger partial charge on any atom is -0.367 e. The first kappa shape index (κ1) is 24.3. The smallest absolute Gasteiger partial charge is 0.367 e. The van der Waals surface area contributed by atoms with Gasteiger partial charge in [0, 0.05) is 42.2 Å². The van der Waals surface area contributed by atoms with Crippen molar-refractivity contribution in [1.29, 1.82) is 0 Å². The highest BCUT2D eigenvalue weighted by molar-refractivity contribution is 6.01. The molecule has 37 heavy (non-hydrogen) atoms. The fourth-order valence-electron chi connectivity index (χ4n) is 4.13. The molecule has 1 aliphatic rings. The Kier molecular flexibility index (Phi) is 6.06. The van der Waals surface area contributed by atoms with Gasteiger partial charge in [0.1, 0.15) is 12.1 Å². The topological polar surface area (TPSA) is 111 Å². The number of rotatable bonds is 7. The molecule has 0 unspecified atom stereocenters. The number of halogens is 3. The summed E-state index contributed by atoms with van der Waals surface area (Å²) >= 11 is 0. The Bertz CT molecular complexity index is 1490. The second-order valence-corrected chi connectivity index (χ2v) is 9.02. The third-order valence-corrected chi connectivity index (χ3v) is 6.12. The van der Waals surface area contributed by atoms with Crippen LogP contribution < -0.4 is 16.4 Å². The summed E-state index contributed by atoms with van der Waals surface area (Å²) in [4.78, 5) is 20.7. The number of anilines is 3. The van der Waals surface area contributed by atoms with E-state index in [-0.39, 0.29) is 16.7 Å². The van der Waals surface area contributed by atoms with Gasteiger partial charge in [0.05, 0.1) is 16.8 Å². The van der Waals surface area contributed by atoms with Crippen molar-refractivity contribution in [3.05, 3.63) is 71.7 Å². The van der Waals surface area contributed by atoms with Gasteiger partial charge in [-0.1, -0.05) is 18.2 Å². The molecular formula is C26H24F3N7O. The molecule has 1 amide bonds. The predicted molar refractivity (Wildman–Crippen MR) is 134 cm³/mol. The Morgan fingerprint density at radius 3 is 2.62 bits per heavy atom. The Labute approximate surface area is 210 Å². The number of aromatic nitrogens is 4. The lowest BCUT2D eigenvalue weighted by atomic mass is 9.92. The van der Waals surface area contributed by atoms with Crippen molar-refractivity contribution >= 4 is 23.2 Å². The van der Waals surface area contributed by atoms with Gasteiger partial charge >= 0.3 is 6.18 Å². The second kappa shape index (κ2) is 9.23. The van der Waals surface area contributed by atoms with Crippen LogP contribution in [0.15, 0.2) is 55.0 Å². The monoisotopic (exact) mass is 507 g/mol. The quantitative estimate of drug-likeness (QED) is 0.314. The molecular weight excluding hydrogens is 483 g/mol. The number of benzene rings is 2. The first-order valence-corrected chi connectivity index (χ1v) is 11.6. The molecule has 8 nitrogen and oxygen atoms in total. The van der Waals surface area contributed by atoms with Crippen molar-refractivity contribution in [2.24, 2.45) is 12.8 Å². The lowest BCUT2D eigenvalue weighted by Crippen LogP contribution is -2.16.